The summed E-state index contributed by atoms with van der Waals surface area (Å²) in [4.78, 5) is 28.5. The first-order valence-corrected chi connectivity index (χ1v) is 10.3. The first kappa shape index (κ1) is 18.7. The fourth-order valence-corrected chi connectivity index (χ4v) is 4.94. The standard InChI is InChI=1S/C17H24N4O4S/c1-2-16(22)19-13-6-5-9-21(12-13)26(24,25)14-10-15(18-11-14)17(23)20-7-3-4-8-20/h2,10-11,13,18H,1,3-9,12H2,(H,19,22)/t13-/m0/s1. The van der Waals surface area contributed by atoms with Crippen molar-refractivity contribution in [3.63, 3.8) is 0 Å². The maximum atomic E-state index is 12.9. The molecule has 2 aliphatic rings. The molecule has 2 saturated heterocycles. The molecule has 0 radical (unpaired) electrons. The van der Waals surface area contributed by atoms with E-state index in [0.717, 1.165) is 19.3 Å². The molecule has 0 unspecified atom stereocenters. The van der Waals surface area contributed by atoms with E-state index in [-0.39, 0.29) is 29.3 Å². The van der Waals surface area contributed by atoms with E-state index in [9.17, 15) is 18.0 Å². The molecular weight excluding hydrogens is 356 g/mol. The lowest BCUT2D eigenvalue weighted by Gasteiger charge is -2.31. The third-order valence-electron chi connectivity index (χ3n) is 4.83. The summed E-state index contributed by atoms with van der Waals surface area (Å²) >= 11 is 0. The Labute approximate surface area is 153 Å². The quantitative estimate of drug-likeness (QED) is 0.734. The number of rotatable bonds is 5. The van der Waals surface area contributed by atoms with Gasteiger partial charge in [0.25, 0.3) is 5.91 Å². The van der Waals surface area contributed by atoms with Gasteiger partial charge in [-0.2, -0.15) is 4.31 Å². The van der Waals surface area contributed by atoms with Crippen LogP contribution in [0.3, 0.4) is 0 Å². The van der Waals surface area contributed by atoms with Gasteiger partial charge in [-0.15, -0.1) is 0 Å². The number of likely N-dealkylation sites (tertiary alicyclic amines) is 1. The molecule has 3 heterocycles. The highest BCUT2D eigenvalue weighted by Gasteiger charge is 2.32. The van der Waals surface area contributed by atoms with E-state index < -0.39 is 10.0 Å². The van der Waals surface area contributed by atoms with Crippen LogP contribution in [0.1, 0.15) is 36.2 Å². The Hall–Kier alpha value is -2.13. The summed E-state index contributed by atoms with van der Waals surface area (Å²) in [5.41, 5.74) is 0.291. The SMILES string of the molecule is C=CC(=O)N[C@H]1CCCN(S(=O)(=O)c2c[nH]c(C(=O)N3CCCC3)c2)C1. The van der Waals surface area contributed by atoms with Crippen molar-refractivity contribution in [3.8, 4) is 0 Å². The lowest BCUT2D eigenvalue weighted by Crippen LogP contribution is -2.49. The van der Waals surface area contributed by atoms with Crippen molar-refractivity contribution in [3.05, 3.63) is 30.6 Å². The molecule has 1 aromatic heterocycles. The number of aromatic nitrogens is 1. The van der Waals surface area contributed by atoms with Crippen molar-refractivity contribution in [1.82, 2.24) is 19.5 Å². The molecule has 1 aromatic rings. The molecule has 0 aliphatic carbocycles. The zero-order valence-corrected chi connectivity index (χ0v) is 15.4. The molecular formula is C17H24N4O4S. The van der Waals surface area contributed by atoms with Gasteiger partial charge in [0.15, 0.2) is 0 Å². The molecule has 2 N–H and O–H groups in total. The van der Waals surface area contributed by atoms with Crippen LogP contribution in [0.25, 0.3) is 0 Å². The molecule has 8 nitrogen and oxygen atoms in total. The zero-order chi connectivity index (χ0) is 18.7. The Morgan fingerprint density at radius 2 is 1.96 bits per heavy atom. The minimum Gasteiger partial charge on any atom is -0.356 e. The van der Waals surface area contributed by atoms with Gasteiger partial charge in [0.05, 0.1) is 0 Å². The molecule has 1 atom stereocenters. The third kappa shape index (κ3) is 3.83. The van der Waals surface area contributed by atoms with E-state index >= 15 is 0 Å². The zero-order valence-electron chi connectivity index (χ0n) is 14.6. The van der Waals surface area contributed by atoms with Crippen molar-refractivity contribution in [2.75, 3.05) is 26.2 Å². The normalized spacial score (nSPS) is 21.5. The summed E-state index contributed by atoms with van der Waals surface area (Å²) in [5, 5.41) is 2.75. The van der Waals surface area contributed by atoms with Crippen molar-refractivity contribution >= 4 is 21.8 Å². The van der Waals surface area contributed by atoms with Gasteiger partial charge < -0.3 is 15.2 Å². The van der Waals surface area contributed by atoms with Crippen molar-refractivity contribution in [2.45, 2.75) is 36.6 Å². The number of hydrogen-bond donors (Lipinski definition) is 2. The number of sulfonamides is 1. The molecule has 2 aliphatic heterocycles. The maximum Gasteiger partial charge on any atom is 0.270 e. The number of carbonyl (C=O) groups is 2. The second-order valence-corrected chi connectivity index (χ2v) is 8.60. The van der Waals surface area contributed by atoms with Crippen molar-refractivity contribution in [1.29, 1.82) is 0 Å². The lowest BCUT2D eigenvalue weighted by atomic mass is 10.1. The number of carbonyl (C=O) groups excluding carboxylic acids is 2. The van der Waals surface area contributed by atoms with Gasteiger partial charge >= 0.3 is 0 Å². The number of H-pyrrole nitrogens is 1. The van der Waals surface area contributed by atoms with Gasteiger partial charge in [-0.1, -0.05) is 6.58 Å². The molecule has 0 aromatic carbocycles. The minimum absolute atomic E-state index is 0.0794. The van der Waals surface area contributed by atoms with Crippen LogP contribution in [0.5, 0.6) is 0 Å². The van der Waals surface area contributed by atoms with E-state index in [2.05, 4.69) is 16.9 Å². The number of nitrogens with zero attached hydrogens (tertiary/aromatic N) is 2. The number of amides is 2. The van der Waals surface area contributed by atoms with Gasteiger partial charge in [0.1, 0.15) is 10.6 Å². The Bertz CT molecular complexity index is 795. The Morgan fingerprint density at radius 3 is 2.65 bits per heavy atom. The summed E-state index contributed by atoms with van der Waals surface area (Å²) in [5.74, 6) is -0.479. The highest BCUT2D eigenvalue weighted by atomic mass is 32.2. The van der Waals surface area contributed by atoms with Gasteiger partial charge in [-0.3, -0.25) is 9.59 Å². The second-order valence-electron chi connectivity index (χ2n) is 6.66. The highest BCUT2D eigenvalue weighted by molar-refractivity contribution is 7.89. The van der Waals surface area contributed by atoms with Crippen LogP contribution in [0.2, 0.25) is 0 Å². The number of piperidine rings is 1. The monoisotopic (exact) mass is 380 g/mol. The van der Waals surface area contributed by atoms with E-state index in [1.54, 1.807) is 4.90 Å². The molecule has 2 amide bonds. The molecule has 9 heteroatoms. The van der Waals surface area contributed by atoms with Crippen LogP contribution in [-0.4, -0.2) is 66.6 Å². The van der Waals surface area contributed by atoms with Crippen LogP contribution < -0.4 is 5.32 Å². The van der Waals surface area contributed by atoms with E-state index in [1.165, 1.54) is 22.6 Å². The summed E-state index contributed by atoms with van der Waals surface area (Å²) in [6.07, 6.45) is 5.87. The average Bonchev–Trinajstić information content (AvgIpc) is 3.33. The predicted octanol–water partition coefficient (Wildman–Crippen LogP) is 0.706. The summed E-state index contributed by atoms with van der Waals surface area (Å²) < 4.78 is 27.1. The van der Waals surface area contributed by atoms with Gasteiger partial charge in [0.2, 0.25) is 15.9 Å². The van der Waals surface area contributed by atoms with Gasteiger partial charge in [-0.25, -0.2) is 8.42 Å². The van der Waals surface area contributed by atoms with Crippen LogP contribution in [0.15, 0.2) is 29.8 Å². The molecule has 0 saturated carbocycles. The smallest absolute Gasteiger partial charge is 0.270 e. The highest BCUT2D eigenvalue weighted by Crippen LogP contribution is 2.22. The van der Waals surface area contributed by atoms with Gasteiger partial charge in [-0.05, 0) is 37.8 Å². The largest absolute Gasteiger partial charge is 0.356 e. The maximum absolute atomic E-state index is 12.9. The molecule has 142 valence electrons. The second kappa shape index (κ2) is 7.63. The first-order chi connectivity index (χ1) is 12.4. The average molecular weight is 380 g/mol. The van der Waals surface area contributed by atoms with Crippen molar-refractivity contribution < 1.29 is 18.0 Å². The Kier molecular flexibility index (Phi) is 5.47. The number of nitrogens with one attached hydrogen (secondary N) is 2. The fourth-order valence-electron chi connectivity index (χ4n) is 3.43. The predicted molar refractivity (Wildman–Crippen MR) is 96.1 cm³/mol. The summed E-state index contributed by atoms with van der Waals surface area (Å²) in [6, 6.07) is 1.16. The lowest BCUT2D eigenvalue weighted by molar-refractivity contribution is -0.117. The fraction of sp³-hybridized carbons (Fsp3) is 0.529. The molecule has 2 fully saturated rings. The Balaban J connectivity index is 1.72. The van der Waals surface area contributed by atoms with E-state index in [0.29, 0.717) is 31.7 Å². The number of aromatic amines is 1. The van der Waals surface area contributed by atoms with Gasteiger partial charge in [0, 0.05) is 38.4 Å². The van der Waals surface area contributed by atoms with Crippen molar-refractivity contribution in [2.24, 2.45) is 0 Å². The molecule has 26 heavy (non-hydrogen) atoms. The first-order valence-electron chi connectivity index (χ1n) is 8.82. The van der Waals surface area contributed by atoms with E-state index in [4.69, 9.17) is 0 Å². The summed E-state index contributed by atoms with van der Waals surface area (Å²) in [7, 11) is -3.72. The number of hydrogen-bond acceptors (Lipinski definition) is 4. The topological polar surface area (TPSA) is 103 Å². The van der Waals surface area contributed by atoms with Crippen LogP contribution in [0, 0.1) is 0 Å². The van der Waals surface area contributed by atoms with Crippen LogP contribution >= 0.6 is 0 Å². The van der Waals surface area contributed by atoms with E-state index in [1.807, 2.05) is 0 Å². The third-order valence-corrected chi connectivity index (χ3v) is 6.68. The summed E-state index contributed by atoms with van der Waals surface area (Å²) in [6.45, 7) is 5.42. The Morgan fingerprint density at radius 1 is 1.23 bits per heavy atom. The minimum atomic E-state index is -3.72. The molecule has 0 bridgehead atoms. The molecule has 0 spiro atoms. The molecule has 3 rings (SSSR count). The van der Waals surface area contributed by atoms with Crippen LogP contribution in [-0.2, 0) is 14.8 Å². The van der Waals surface area contributed by atoms with Crippen LogP contribution in [0.4, 0.5) is 0 Å².